The molecule has 9 heteroatoms. The van der Waals surface area contributed by atoms with Gasteiger partial charge in [0.05, 0.1) is 4.88 Å². The summed E-state index contributed by atoms with van der Waals surface area (Å²) in [6.07, 6.45) is -0.998. The molecule has 1 aromatic carbocycles. The van der Waals surface area contributed by atoms with Crippen LogP contribution < -0.4 is 16.0 Å². The number of rotatable bonds is 4. The number of alkyl halides is 3. The number of nitrogens with one attached hydrogen (secondary N) is 3. The molecule has 0 radical (unpaired) electrons. The van der Waals surface area contributed by atoms with Crippen LogP contribution >= 0.6 is 58.4 Å². The topological polar surface area (TPSA) is 53.2 Å². The van der Waals surface area contributed by atoms with E-state index < -0.39 is 9.96 Å². The van der Waals surface area contributed by atoms with Gasteiger partial charge in [-0.1, -0.05) is 58.6 Å². The number of amides is 1. The molecular formula is C15H14Cl3N3OS2. The fourth-order valence-electron chi connectivity index (χ4n) is 1.74. The van der Waals surface area contributed by atoms with Crippen molar-refractivity contribution in [3.63, 3.8) is 0 Å². The van der Waals surface area contributed by atoms with Crippen molar-refractivity contribution in [1.82, 2.24) is 10.6 Å². The second kappa shape index (κ2) is 8.36. The molecule has 128 valence electrons. The van der Waals surface area contributed by atoms with E-state index in [2.05, 4.69) is 16.0 Å². The molecule has 1 aromatic heterocycles. The third kappa shape index (κ3) is 5.79. The molecular weight excluding hydrogens is 409 g/mol. The zero-order chi connectivity index (χ0) is 17.7. The average Bonchev–Trinajstić information content (AvgIpc) is 3.02. The molecule has 1 heterocycles. The number of thiophene rings is 1. The third-order valence-electron chi connectivity index (χ3n) is 2.93. The van der Waals surface area contributed by atoms with Gasteiger partial charge >= 0.3 is 0 Å². The highest BCUT2D eigenvalue weighted by atomic mass is 35.6. The third-order valence-corrected chi connectivity index (χ3v) is 4.68. The van der Waals surface area contributed by atoms with Crippen molar-refractivity contribution in [3.8, 4) is 0 Å². The smallest absolute Gasteiger partial charge is 0.263 e. The molecule has 4 nitrogen and oxygen atoms in total. The Morgan fingerprint density at radius 3 is 2.38 bits per heavy atom. The SMILES string of the molecule is Cc1ccc(NC(=S)NC(NC(=O)c2cccs2)C(Cl)(Cl)Cl)cc1. The van der Waals surface area contributed by atoms with Gasteiger partial charge in [0, 0.05) is 5.69 Å². The summed E-state index contributed by atoms with van der Waals surface area (Å²) < 4.78 is -1.79. The number of aryl methyl sites for hydroxylation is 1. The minimum atomic E-state index is -1.79. The monoisotopic (exact) mass is 421 g/mol. The maximum absolute atomic E-state index is 12.2. The summed E-state index contributed by atoms with van der Waals surface area (Å²) in [5.41, 5.74) is 1.91. The van der Waals surface area contributed by atoms with Crippen LogP contribution in [0.1, 0.15) is 15.2 Å². The quantitative estimate of drug-likeness (QED) is 0.386. The van der Waals surface area contributed by atoms with Gasteiger partial charge in [-0.05, 0) is 42.7 Å². The van der Waals surface area contributed by atoms with Gasteiger partial charge in [0.1, 0.15) is 6.17 Å². The maximum atomic E-state index is 12.2. The predicted molar refractivity (Wildman–Crippen MR) is 106 cm³/mol. The van der Waals surface area contributed by atoms with Crippen molar-refractivity contribution in [1.29, 1.82) is 0 Å². The van der Waals surface area contributed by atoms with Crippen LogP contribution in [-0.2, 0) is 0 Å². The van der Waals surface area contributed by atoms with E-state index in [0.717, 1.165) is 11.3 Å². The van der Waals surface area contributed by atoms with Crippen LogP contribution in [0.4, 0.5) is 5.69 Å². The van der Waals surface area contributed by atoms with E-state index in [1.165, 1.54) is 11.3 Å². The van der Waals surface area contributed by atoms with Gasteiger partial charge in [-0.25, -0.2) is 0 Å². The molecule has 0 saturated heterocycles. The molecule has 0 fully saturated rings. The maximum Gasteiger partial charge on any atom is 0.263 e. The molecule has 0 bridgehead atoms. The van der Waals surface area contributed by atoms with Gasteiger partial charge in [-0.15, -0.1) is 11.3 Å². The minimum absolute atomic E-state index is 0.224. The fourth-order valence-corrected chi connectivity index (χ4v) is 2.93. The molecule has 0 aliphatic rings. The molecule has 0 saturated carbocycles. The highest BCUT2D eigenvalue weighted by molar-refractivity contribution is 7.80. The van der Waals surface area contributed by atoms with E-state index in [-0.39, 0.29) is 11.0 Å². The number of carbonyl (C=O) groups excluding carboxylic acids is 1. The molecule has 1 atom stereocenters. The minimum Gasteiger partial charge on any atom is -0.339 e. The number of thiocarbonyl (C=S) groups is 1. The summed E-state index contributed by atoms with van der Waals surface area (Å²) in [6.45, 7) is 1.99. The number of halogens is 3. The second-order valence-electron chi connectivity index (χ2n) is 4.89. The first-order valence-electron chi connectivity index (χ1n) is 6.81. The van der Waals surface area contributed by atoms with E-state index in [1.807, 2.05) is 31.2 Å². The number of hydrogen-bond acceptors (Lipinski definition) is 3. The summed E-state index contributed by atoms with van der Waals surface area (Å²) in [6, 6.07) is 11.1. The Balaban J connectivity index is 2.01. The molecule has 0 aliphatic carbocycles. The van der Waals surface area contributed by atoms with E-state index in [9.17, 15) is 4.79 Å². The summed E-state index contributed by atoms with van der Waals surface area (Å²) >= 11 is 24.3. The first kappa shape index (κ1) is 19.3. The van der Waals surface area contributed by atoms with E-state index in [0.29, 0.717) is 4.88 Å². The van der Waals surface area contributed by atoms with Crippen molar-refractivity contribution < 1.29 is 4.79 Å². The van der Waals surface area contributed by atoms with Gasteiger partial charge < -0.3 is 16.0 Å². The van der Waals surface area contributed by atoms with E-state index in [4.69, 9.17) is 47.0 Å². The van der Waals surface area contributed by atoms with Crippen molar-refractivity contribution in [2.45, 2.75) is 16.9 Å². The molecule has 1 unspecified atom stereocenters. The fraction of sp³-hybridized carbons (Fsp3) is 0.200. The normalized spacial score (nSPS) is 12.3. The van der Waals surface area contributed by atoms with Gasteiger partial charge in [-0.2, -0.15) is 0 Å². The molecule has 0 aliphatic heterocycles. The van der Waals surface area contributed by atoms with Crippen molar-refractivity contribution in [3.05, 3.63) is 52.2 Å². The standard InChI is InChI=1S/C15H14Cl3N3OS2/c1-9-4-6-10(7-5-9)19-14(23)21-13(15(16,17)18)20-12(22)11-3-2-8-24-11/h2-8,13H,1H3,(H,20,22)(H2,19,21,23). The lowest BCUT2D eigenvalue weighted by Gasteiger charge is -2.27. The lowest BCUT2D eigenvalue weighted by atomic mass is 10.2. The van der Waals surface area contributed by atoms with E-state index in [1.54, 1.807) is 17.5 Å². The lowest BCUT2D eigenvalue weighted by Crippen LogP contribution is -2.56. The molecule has 3 N–H and O–H groups in total. The van der Waals surface area contributed by atoms with E-state index >= 15 is 0 Å². The Bertz CT molecular complexity index is 700. The van der Waals surface area contributed by atoms with Crippen molar-refractivity contribution >= 4 is 75.1 Å². The Kier molecular flexibility index (Phi) is 6.71. The molecule has 24 heavy (non-hydrogen) atoms. The Hall–Kier alpha value is -1.05. The van der Waals surface area contributed by atoms with Crippen LogP contribution in [-0.4, -0.2) is 21.0 Å². The van der Waals surface area contributed by atoms with Crippen molar-refractivity contribution in [2.24, 2.45) is 0 Å². The van der Waals surface area contributed by atoms with Crippen LogP contribution in [0.15, 0.2) is 41.8 Å². The lowest BCUT2D eigenvalue weighted by molar-refractivity contribution is 0.0938. The number of carbonyl (C=O) groups is 1. The highest BCUT2D eigenvalue weighted by Gasteiger charge is 2.35. The largest absolute Gasteiger partial charge is 0.339 e. The van der Waals surface area contributed by atoms with Crippen LogP contribution in [0.5, 0.6) is 0 Å². The van der Waals surface area contributed by atoms with Gasteiger partial charge in [0.15, 0.2) is 5.11 Å². The zero-order valence-corrected chi connectivity index (χ0v) is 16.4. The van der Waals surface area contributed by atoms with Crippen LogP contribution in [0.25, 0.3) is 0 Å². The molecule has 0 spiro atoms. The van der Waals surface area contributed by atoms with Gasteiger partial charge in [0.25, 0.3) is 5.91 Å². The molecule has 2 rings (SSSR count). The van der Waals surface area contributed by atoms with Crippen molar-refractivity contribution in [2.75, 3.05) is 5.32 Å². The second-order valence-corrected chi connectivity index (χ2v) is 8.61. The number of anilines is 1. The Morgan fingerprint density at radius 2 is 1.83 bits per heavy atom. The molecule has 1 amide bonds. The van der Waals surface area contributed by atoms with Crippen LogP contribution in [0, 0.1) is 6.92 Å². The zero-order valence-electron chi connectivity index (χ0n) is 12.5. The summed E-state index contributed by atoms with van der Waals surface area (Å²) in [4.78, 5) is 12.7. The van der Waals surface area contributed by atoms with Gasteiger partial charge in [0.2, 0.25) is 3.79 Å². The predicted octanol–water partition coefficient (Wildman–Crippen LogP) is 4.47. The first-order valence-corrected chi connectivity index (χ1v) is 9.23. The average molecular weight is 423 g/mol. The van der Waals surface area contributed by atoms with Gasteiger partial charge in [-0.3, -0.25) is 4.79 Å². The number of benzene rings is 1. The summed E-state index contributed by atoms with van der Waals surface area (Å²) in [7, 11) is 0. The first-order chi connectivity index (χ1) is 11.3. The summed E-state index contributed by atoms with van der Waals surface area (Å²) in [5.74, 6) is -0.355. The Labute approximate surface area is 164 Å². The van der Waals surface area contributed by atoms with Crippen LogP contribution in [0.2, 0.25) is 0 Å². The Morgan fingerprint density at radius 1 is 1.17 bits per heavy atom. The molecule has 2 aromatic rings. The highest BCUT2D eigenvalue weighted by Crippen LogP contribution is 2.29. The summed E-state index contributed by atoms with van der Waals surface area (Å²) in [5, 5.41) is 10.4. The van der Waals surface area contributed by atoms with Crippen LogP contribution in [0.3, 0.4) is 0 Å². The number of hydrogen-bond donors (Lipinski definition) is 3.